The number of nitro benzene ring substituents is 1. The van der Waals surface area contributed by atoms with E-state index < -0.39 is 16.7 Å². The molecule has 2 N–H and O–H groups in total. The number of nitrogens with zero attached hydrogens (tertiary/aromatic N) is 1. The number of carbonyl (C=O) groups excluding carboxylic acids is 2. The van der Waals surface area contributed by atoms with E-state index in [0.717, 1.165) is 0 Å². The maximum absolute atomic E-state index is 12.9. The molecule has 0 spiro atoms. The van der Waals surface area contributed by atoms with Crippen molar-refractivity contribution in [1.82, 2.24) is 5.32 Å². The quantitative estimate of drug-likeness (QED) is 0.298. The Labute approximate surface area is 187 Å². The highest BCUT2D eigenvalue weighted by molar-refractivity contribution is 6.34. The van der Waals surface area contributed by atoms with Gasteiger partial charge in [-0.1, -0.05) is 53.5 Å². The zero-order valence-corrected chi connectivity index (χ0v) is 17.4. The average Bonchev–Trinajstić information content (AvgIpc) is 2.75. The predicted molar refractivity (Wildman–Crippen MR) is 120 cm³/mol. The number of hydrogen-bond donors (Lipinski definition) is 2. The van der Waals surface area contributed by atoms with E-state index in [-0.39, 0.29) is 16.9 Å². The van der Waals surface area contributed by atoms with E-state index in [0.29, 0.717) is 21.3 Å². The lowest BCUT2D eigenvalue weighted by molar-refractivity contribution is -0.384. The summed E-state index contributed by atoms with van der Waals surface area (Å²) >= 11 is 12.0. The Balaban J connectivity index is 1.95. The van der Waals surface area contributed by atoms with Crippen LogP contribution in [0.2, 0.25) is 10.0 Å². The normalized spacial score (nSPS) is 11.0. The van der Waals surface area contributed by atoms with Gasteiger partial charge in [-0.3, -0.25) is 19.7 Å². The lowest BCUT2D eigenvalue weighted by atomic mass is 10.1. The van der Waals surface area contributed by atoms with Crippen molar-refractivity contribution in [1.29, 1.82) is 0 Å². The molecule has 0 bridgehead atoms. The Morgan fingerprint density at radius 3 is 2.39 bits per heavy atom. The van der Waals surface area contributed by atoms with Gasteiger partial charge < -0.3 is 10.6 Å². The number of carbonyl (C=O) groups is 2. The van der Waals surface area contributed by atoms with Crippen molar-refractivity contribution < 1.29 is 14.5 Å². The van der Waals surface area contributed by atoms with Crippen LogP contribution < -0.4 is 10.6 Å². The second-order valence-corrected chi connectivity index (χ2v) is 7.15. The first-order valence-electron chi connectivity index (χ1n) is 8.92. The summed E-state index contributed by atoms with van der Waals surface area (Å²) in [7, 11) is 0. The lowest BCUT2D eigenvalue weighted by Gasteiger charge is -2.12. The number of halogens is 2. The number of hydrogen-bond acceptors (Lipinski definition) is 4. The molecule has 0 aromatic heterocycles. The SMILES string of the molecule is O=C(Nc1ccccc1Cl)/C(=C/c1cccc([N+](=O)[O-])c1)NC(=O)c1cccc(Cl)c1. The molecule has 9 heteroatoms. The molecule has 156 valence electrons. The van der Waals surface area contributed by atoms with Gasteiger partial charge in [0.15, 0.2) is 0 Å². The van der Waals surface area contributed by atoms with Crippen LogP contribution >= 0.6 is 23.2 Å². The van der Waals surface area contributed by atoms with Crippen LogP contribution in [0.5, 0.6) is 0 Å². The van der Waals surface area contributed by atoms with Crippen LogP contribution in [0.15, 0.2) is 78.5 Å². The average molecular weight is 456 g/mol. The van der Waals surface area contributed by atoms with Crippen LogP contribution in [0.25, 0.3) is 6.08 Å². The van der Waals surface area contributed by atoms with Crippen molar-refractivity contribution in [3.8, 4) is 0 Å². The fraction of sp³-hybridized carbons (Fsp3) is 0. The first-order valence-corrected chi connectivity index (χ1v) is 9.68. The van der Waals surface area contributed by atoms with Gasteiger partial charge in [-0.15, -0.1) is 0 Å². The van der Waals surface area contributed by atoms with Gasteiger partial charge in [0, 0.05) is 22.7 Å². The molecule has 0 aliphatic heterocycles. The van der Waals surface area contributed by atoms with Crippen molar-refractivity contribution in [2.45, 2.75) is 0 Å². The number of rotatable bonds is 6. The third-order valence-corrected chi connectivity index (χ3v) is 4.66. The number of benzene rings is 3. The van der Waals surface area contributed by atoms with Crippen LogP contribution in [0.3, 0.4) is 0 Å². The second kappa shape index (κ2) is 9.88. The summed E-state index contributed by atoms with van der Waals surface area (Å²) in [5.74, 6) is -1.23. The molecule has 0 atom stereocenters. The molecule has 0 unspecified atom stereocenters. The first kappa shape index (κ1) is 22.0. The number of nitrogens with one attached hydrogen (secondary N) is 2. The van der Waals surface area contributed by atoms with Crippen LogP contribution in [0.1, 0.15) is 15.9 Å². The summed E-state index contributed by atoms with van der Waals surface area (Å²) < 4.78 is 0. The minimum atomic E-state index is -0.657. The van der Waals surface area contributed by atoms with E-state index in [1.54, 1.807) is 42.5 Å². The molecule has 0 aliphatic carbocycles. The molecule has 0 aliphatic rings. The van der Waals surface area contributed by atoms with Crippen molar-refractivity contribution in [2.75, 3.05) is 5.32 Å². The monoisotopic (exact) mass is 455 g/mol. The molecule has 0 radical (unpaired) electrons. The lowest BCUT2D eigenvalue weighted by Crippen LogP contribution is -2.30. The van der Waals surface area contributed by atoms with Gasteiger partial charge in [0.25, 0.3) is 17.5 Å². The Morgan fingerprint density at radius 2 is 1.68 bits per heavy atom. The third-order valence-electron chi connectivity index (χ3n) is 4.09. The van der Waals surface area contributed by atoms with Crippen LogP contribution in [-0.4, -0.2) is 16.7 Å². The highest BCUT2D eigenvalue weighted by atomic mass is 35.5. The molecule has 0 heterocycles. The van der Waals surface area contributed by atoms with E-state index in [2.05, 4.69) is 10.6 Å². The molecule has 0 saturated heterocycles. The van der Waals surface area contributed by atoms with E-state index >= 15 is 0 Å². The summed E-state index contributed by atoms with van der Waals surface area (Å²) in [5, 5.41) is 16.9. The molecular weight excluding hydrogens is 441 g/mol. The number of anilines is 1. The molecule has 0 saturated carbocycles. The van der Waals surface area contributed by atoms with Crippen molar-refractivity contribution in [3.63, 3.8) is 0 Å². The minimum Gasteiger partial charge on any atom is -0.319 e. The number of nitro groups is 1. The molecule has 3 aromatic carbocycles. The van der Waals surface area contributed by atoms with Crippen molar-refractivity contribution in [2.24, 2.45) is 0 Å². The van der Waals surface area contributed by atoms with Gasteiger partial charge in [-0.2, -0.15) is 0 Å². The largest absolute Gasteiger partial charge is 0.319 e. The minimum absolute atomic E-state index is 0.134. The maximum Gasteiger partial charge on any atom is 0.272 e. The van der Waals surface area contributed by atoms with Crippen molar-refractivity contribution >= 4 is 52.5 Å². The van der Waals surface area contributed by atoms with Crippen LogP contribution in [-0.2, 0) is 4.79 Å². The molecule has 3 aromatic rings. The standard InChI is InChI=1S/C22H15Cl2N3O4/c23-16-7-4-6-15(13-16)21(28)26-20(12-14-5-3-8-17(11-14)27(30)31)22(29)25-19-10-2-1-9-18(19)24/h1-13H,(H,25,29)(H,26,28)/b20-12-. The summed E-state index contributed by atoms with van der Waals surface area (Å²) in [6.45, 7) is 0. The smallest absolute Gasteiger partial charge is 0.272 e. The molecular formula is C22H15Cl2N3O4. The first-order chi connectivity index (χ1) is 14.8. The summed E-state index contributed by atoms with van der Waals surface area (Å²) in [6.07, 6.45) is 1.33. The zero-order chi connectivity index (χ0) is 22.4. The number of amides is 2. The van der Waals surface area contributed by atoms with Gasteiger partial charge >= 0.3 is 0 Å². The van der Waals surface area contributed by atoms with Crippen molar-refractivity contribution in [3.05, 3.63) is 110 Å². The maximum atomic E-state index is 12.9. The Bertz CT molecular complexity index is 1190. The number of para-hydroxylation sites is 1. The third kappa shape index (κ3) is 5.91. The summed E-state index contributed by atoms with van der Waals surface area (Å²) in [4.78, 5) is 36.1. The van der Waals surface area contributed by atoms with E-state index in [1.807, 2.05) is 0 Å². The fourth-order valence-corrected chi connectivity index (χ4v) is 3.00. The van der Waals surface area contributed by atoms with E-state index in [9.17, 15) is 19.7 Å². The van der Waals surface area contributed by atoms with E-state index in [4.69, 9.17) is 23.2 Å². The van der Waals surface area contributed by atoms with Gasteiger partial charge in [0.2, 0.25) is 0 Å². The van der Waals surface area contributed by atoms with Crippen LogP contribution in [0.4, 0.5) is 11.4 Å². The molecule has 2 amide bonds. The topological polar surface area (TPSA) is 101 Å². The van der Waals surface area contributed by atoms with Gasteiger partial charge in [-0.25, -0.2) is 0 Å². The molecule has 3 rings (SSSR count). The predicted octanol–water partition coefficient (Wildman–Crippen LogP) is 5.31. The van der Waals surface area contributed by atoms with E-state index in [1.165, 1.54) is 36.4 Å². The summed E-state index contributed by atoms with van der Waals surface area (Å²) in [5.41, 5.74) is 0.648. The van der Waals surface area contributed by atoms with Gasteiger partial charge in [0.05, 0.1) is 15.6 Å². The molecule has 31 heavy (non-hydrogen) atoms. The highest BCUT2D eigenvalue weighted by Gasteiger charge is 2.17. The fourth-order valence-electron chi connectivity index (χ4n) is 2.63. The Morgan fingerprint density at radius 1 is 0.935 bits per heavy atom. The Hall–Kier alpha value is -3.68. The van der Waals surface area contributed by atoms with Crippen LogP contribution in [0, 0.1) is 10.1 Å². The Kier molecular flexibility index (Phi) is 7.02. The highest BCUT2D eigenvalue weighted by Crippen LogP contribution is 2.22. The number of non-ortho nitro benzene ring substituents is 1. The molecule has 0 fully saturated rings. The van der Waals surface area contributed by atoms with Gasteiger partial charge in [0.1, 0.15) is 5.70 Å². The summed E-state index contributed by atoms with van der Waals surface area (Å²) in [6, 6.07) is 18.5. The van der Waals surface area contributed by atoms with Gasteiger partial charge in [-0.05, 0) is 42.0 Å². The zero-order valence-electron chi connectivity index (χ0n) is 15.8. The molecule has 7 nitrogen and oxygen atoms in total. The second-order valence-electron chi connectivity index (χ2n) is 6.31.